The van der Waals surface area contributed by atoms with Gasteiger partial charge in [-0.3, -0.25) is 9.59 Å². The molecule has 2 amide bonds. The van der Waals surface area contributed by atoms with Gasteiger partial charge in [0, 0.05) is 23.9 Å². The third kappa shape index (κ3) is 3.60. The van der Waals surface area contributed by atoms with Gasteiger partial charge in [0.2, 0.25) is 0 Å². The normalized spacial score (nSPS) is 22.6. The van der Waals surface area contributed by atoms with E-state index in [9.17, 15) is 19.5 Å². The Kier molecular flexibility index (Phi) is 5.14. The molecule has 0 bridgehead atoms. The molecule has 1 aliphatic heterocycles. The van der Waals surface area contributed by atoms with Gasteiger partial charge in [-0.25, -0.2) is 4.79 Å². The summed E-state index contributed by atoms with van der Waals surface area (Å²) in [6, 6.07) is 18.9. The van der Waals surface area contributed by atoms with Crippen molar-refractivity contribution in [2.45, 2.75) is 18.4 Å². The summed E-state index contributed by atoms with van der Waals surface area (Å²) in [5.41, 5.74) is 3.69. The molecule has 178 valence electrons. The number of carboxylic acids is 1. The van der Waals surface area contributed by atoms with E-state index < -0.39 is 23.5 Å². The monoisotopic (exact) mass is 488 g/mol. The van der Waals surface area contributed by atoms with Crippen molar-refractivity contribution >= 4 is 29.3 Å². The molecule has 0 spiro atoms. The van der Waals surface area contributed by atoms with Gasteiger partial charge in [0.05, 0.1) is 5.41 Å². The number of likely N-dealkylation sites (tertiary alicyclic amines) is 1. The summed E-state index contributed by atoms with van der Waals surface area (Å²) in [6.07, 6.45) is -0.0637. The number of nitrogens with zero attached hydrogens (tertiary/aromatic N) is 1. The number of hydrogen-bond acceptors (Lipinski definition) is 5. The summed E-state index contributed by atoms with van der Waals surface area (Å²) in [5, 5.41) is 14.2. The second kappa shape index (κ2) is 8.23. The van der Waals surface area contributed by atoms with Crippen molar-refractivity contribution in [3.8, 4) is 11.1 Å². The summed E-state index contributed by atoms with van der Waals surface area (Å²) in [6.45, 7) is 0.735. The average molecular weight is 489 g/mol. The number of ether oxygens (including phenoxy) is 1. The molecule has 7 nitrogen and oxygen atoms in total. The van der Waals surface area contributed by atoms with E-state index in [1.165, 1.54) is 11.3 Å². The molecule has 2 aliphatic carbocycles. The van der Waals surface area contributed by atoms with E-state index in [2.05, 4.69) is 29.6 Å². The minimum Gasteiger partial charge on any atom is -0.481 e. The lowest BCUT2D eigenvalue weighted by Gasteiger charge is -2.25. The summed E-state index contributed by atoms with van der Waals surface area (Å²) in [7, 11) is 0. The van der Waals surface area contributed by atoms with Crippen LogP contribution in [0.3, 0.4) is 0 Å². The summed E-state index contributed by atoms with van der Waals surface area (Å²) < 4.78 is 5.66. The van der Waals surface area contributed by atoms with Gasteiger partial charge in [-0.05, 0) is 46.0 Å². The highest BCUT2D eigenvalue weighted by Crippen LogP contribution is 2.58. The number of nitrogens with one attached hydrogen (secondary N) is 1. The summed E-state index contributed by atoms with van der Waals surface area (Å²) in [4.78, 5) is 40.2. The van der Waals surface area contributed by atoms with Crippen molar-refractivity contribution in [3.63, 3.8) is 0 Å². The number of hydrogen-bond donors (Lipinski definition) is 2. The molecular formula is C27H24N2O5S. The molecule has 2 aromatic carbocycles. The third-order valence-electron chi connectivity index (χ3n) is 7.56. The Hall–Kier alpha value is -3.65. The average Bonchev–Trinajstić information content (AvgIpc) is 3.24. The maximum Gasteiger partial charge on any atom is 0.408 e. The van der Waals surface area contributed by atoms with E-state index in [-0.39, 0.29) is 30.9 Å². The lowest BCUT2D eigenvalue weighted by molar-refractivity contribution is -0.144. The molecular weight excluding hydrogens is 464 g/mol. The van der Waals surface area contributed by atoms with Gasteiger partial charge in [-0.1, -0.05) is 54.6 Å². The summed E-state index contributed by atoms with van der Waals surface area (Å²) in [5.74, 6) is -1.24. The van der Waals surface area contributed by atoms with E-state index in [1.807, 2.05) is 35.7 Å². The number of alkyl carbamates (subject to hydrolysis) is 1. The van der Waals surface area contributed by atoms with Gasteiger partial charge >= 0.3 is 12.1 Å². The Morgan fingerprint density at radius 3 is 2.34 bits per heavy atom. The fourth-order valence-electron chi connectivity index (χ4n) is 5.63. The van der Waals surface area contributed by atoms with Crippen molar-refractivity contribution in [2.24, 2.45) is 11.3 Å². The Bertz CT molecular complexity index is 1280. The standard InChI is InChI=1S/C27H24N2O5S/c30-24(29-13-16-12-27(16,15-29)25(31)32)23(22-10-5-11-35-22)28-26(33)34-14-21-19-8-3-1-6-17(19)18-7-2-4-9-20(18)21/h1-11,16,21,23H,12-15H2,(H,28,33)(H,31,32). The molecule has 2 N–H and O–H groups in total. The summed E-state index contributed by atoms with van der Waals surface area (Å²) >= 11 is 1.37. The highest BCUT2D eigenvalue weighted by atomic mass is 32.1. The van der Waals surface area contributed by atoms with Crippen LogP contribution in [0, 0.1) is 11.3 Å². The Morgan fingerprint density at radius 1 is 1.06 bits per heavy atom. The molecule has 3 aliphatic rings. The molecule has 1 aromatic heterocycles. The molecule has 6 rings (SSSR count). The van der Waals surface area contributed by atoms with Gasteiger partial charge < -0.3 is 20.1 Å². The number of carbonyl (C=O) groups excluding carboxylic acids is 2. The van der Waals surface area contributed by atoms with E-state index in [0.29, 0.717) is 17.8 Å². The number of carbonyl (C=O) groups is 3. The van der Waals surface area contributed by atoms with E-state index in [1.54, 1.807) is 11.0 Å². The molecule has 1 saturated carbocycles. The first-order valence-corrected chi connectivity index (χ1v) is 12.5. The zero-order valence-electron chi connectivity index (χ0n) is 18.8. The van der Waals surface area contributed by atoms with Crippen LogP contribution >= 0.6 is 11.3 Å². The van der Waals surface area contributed by atoms with Crippen LogP contribution in [0.5, 0.6) is 0 Å². The Morgan fingerprint density at radius 2 is 1.74 bits per heavy atom. The first kappa shape index (κ1) is 21.9. The van der Waals surface area contributed by atoms with Crippen LogP contribution in [0.15, 0.2) is 66.0 Å². The highest BCUT2D eigenvalue weighted by molar-refractivity contribution is 7.10. The van der Waals surface area contributed by atoms with E-state index >= 15 is 0 Å². The predicted molar refractivity (Wildman–Crippen MR) is 130 cm³/mol. The quantitative estimate of drug-likeness (QED) is 0.541. The van der Waals surface area contributed by atoms with Gasteiger partial charge in [0.1, 0.15) is 12.6 Å². The first-order chi connectivity index (χ1) is 17.0. The number of piperidine rings is 1. The Labute approximate surface area is 206 Å². The topological polar surface area (TPSA) is 95.9 Å². The molecule has 35 heavy (non-hydrogen) atoms. The first-order valence-electron chi connectivity index (χ1n) is 11.6. The van der Waals surface area contributed by atoms with Gasteiger partial charge in [-0.15, -0.1) is 11.3 Å². The van der Waals surface area contributed by atoms with Crippen LogP contribution in [0.4, 0.5) is 4.79 Å². The number of amides is 2. The fourth-order valence-corrected chi connectivity index (χ4v) is 6.40. The smallest absolute Gasteiger partial charge is 0.408 e. The maximum atomic E-state index is 13.4. The maximum absolute atomic E-state index is 13.4. The number of thiophene rings is 1. The van der Waals surface area contributed by atoms with Gasteiger partial charge in [0.25, 0.3) is 5.91 Å². The van der Waals surface area contributed by atoms with Crippen molar-refractivity contribution in [1.82, 2.24) is 10.2 Å². The van der Waals surface area contributed by atoms with Gasteiger partial charge in [0.15, 0.2) is 0 Å². The van der Waals surface area contributed by atoms with Crippen LogP contribution < -0.4 is 5.32 Å². The molecule has 8 heteroatoms. The SMILES string of the molecule is O=C(NC(C(=O)N1CC2CC2(C(=O)O)C1)c1cccs1)OCC1c2ccccc2-c2ccccc21. The van der Waals surface area contributed by atoms with Crippen molar-refractivity contribution in [3.05, 3.63) is 82.0 Å². The fraction of sp³-hybridized carbons (Fsp3) is 0.296. The number of fused-ring (bicyclic) bond motifs is 4. The van der Waals surface area contributed by atoms with E-state index in [4.69, 9.17) is 4.74 Å². The van der Waals surface area contributed by atoms with Crippen LogP contribution in [0.2, 0.25) is 0 Å². The number of benzene rings is 2. The molecule has 1 saturated heterocycles. The minimum absolute atomic E-state index is 0.0117. The molecule has 2 heterocycles. The highest BCUT2D eigenvalue weighted by Gasteiger charge is 2.66. The minimum atomic E-state index is -0.908. The zero-order chi connectivity index (χ0) is 24.2. The molecule has 3 aromatic rings. The van der Waals surface area contributed by atoms with E-state index in [0.717, 1.165) is 22.3 Å². The molecule has 0 radical (unpaired) electrons. The number of aliphatic carboxylic acids is 1. The van der Waals surface area contributed by atoms with Crippen molar-refractivity contribution in [1.29, 1.82) is 0 Å². The van der Waals surface area contributed by atoms with Crippen LogP contribution in [0.1, 0.15) is 34.4 Å². The van der Waals surface area contributed by atoms with Crippen molar-refractivity contribution < 1.29 is 24.2 Å². The van der Waals surface area contributed by atoms with Crippen LogP contribution in [0.25, 0.3) is 11.1 Å². The Balaban J connectivity index is 1.16. The van der Waals surface area contributed by atoms with Crippen molar-refractivity contribution in [2.75, 3.05) is 19.7 Å². The van der Waals surface area contributed by atoms with Crippen LogP contribution in [-0.4, -0.2) is 47.7 Å². The molecule has 3 atom stereocenters. The van der Waals surface area contributed by atoms with Gasteiger partial charge in [-0.2, -0.15) is 0 Å². The largest absolute Gasteiger partial charge is 0.481 e. The predicted octanol–water partition coefficient (Wildman–Crippen LogP) is 4.26. The van der Waals surface area contributed by atoms with Crippen LogP contribution in [-0.2, 0) is 14.3 Å². The zero-order valence-corrected chi connectivity index (χ0v) is 19.7. The number of carboxylic acid groups (broad SMARTS) is 1. The lowest BCUT2D eigenvalue weighted by Crippen LogP contribution is -2.43. The third-order valence-corrected chi connectivity index (χ3v) is 8.50. The number of rotatable bonds is 6. The molecule has 2 fully saturated rings. The molecule has 3 unspecified atom stereocenters. The second-order valence-electron chi connectivity index (χ2n) is 9.50. The second-order valence-corrected chi connectivity index (χ2v) is 10.5. The lowest BCUT2D eigenvalue weighted by atomic mass is 9.98.